The summed E-state index contributed by atoms with van der Waals surface area (Å²) in [6, 6.07) is 0. The molecule has 1 aromatic heterocycles. The zero-order valence-corrected chi connectivity index (χ0v) is 8.69. The van der Waals surface area contributed by atoms with Crippen molar-refractivity contribution in [2.75, 3.05) is 5.75 Å². The third kappa shape index (κ3) is 1.68. The minimum absolute atomic E-state index is 0.319. The van der Waals surface area contributed by atoms with E-state index in [2.05, 4.69) is 4.98 Å². The van der Waals surface area contributed by atoms with E-state index in [0.29, 0.717) is 11.7 Å². The van der Waals surface area contributed by atoms with Crippen molar-refractivity contribution in [3.63, 3.8) is 0 Å². The van der Waals surface area contributed by atoms with Crippen molar-refractivity contribution in [1.82, 2.24) is 4.98 Å². The summed E-state index contributed by atoms with van der Waals surface area (Å²) in [7, 11) is -0.735. The van der Waals surface area contributed by atoms with Crippen molar-refractivity contribution in [3.8, 4) is 0 Å². The molecule has 72 valence electrons. The van der Waals surface area contributed by atoms with Gasteiger partial charge in [-0.3, -0.25) is 4.21 Å². The Kier molecular flexibility index (Phi) is 2.24. The van der Waals surface area contributed by atoms with Gasteiger partial charge in [0.25, 0.3) is 0 Å². The van der Waals surface area contributed by atoms with Gasteiger partial charge >= 0.3 is 0 Å². The van der Waals surface area contributed by atoms with E-state index in [0.717, 1.165) is 29.5 Å². The summed E-state index contributed by atoms with van der Waals surface area (Å²) in [5.74, 6) is 3.22. The lowest BCUT2D eigenvalue weighted by atomic mass is 10.2. The van der Waals surface area contributed by atoms with Gasteiger partial charge in [-0.05, 0) is 0 Å². The number of aryl methyl sites for hydroxylation is 1. The van der Waals surface area contributed by atoms with Crippen LogP contribution < -0.4 is 0 Å². The molecule has 0 aliphatic carbocycles. The van der Waals surface area contributed by atoms with E-state index in [4.69, 9.17) is 4.42 Å². The molecule has 1 aromatic rings. The third-order valence-electron chi connectivity index (χ3n) is 2.15. The first-order valence-electron chi connectivity index (χ1n) is 4.50. The van der Waals surface area contributed by atoms with Gasteiger partial charge in [0, 0.05) is 28.9 Å². The summed E-state index contributed by atoms with van der Waals surface area (Å²) < 4.78 is 16.8. The lowest BCUT2D eigenvalue weighted by Crippen LogP contribution is -2.11. The first-order valence-corrected chi connectivity index (χ1v) is 5.99. The molecule has 0 radical (unpaired) electrons. The summed E-state index contributed by atoms with van der Waals surface area (Å²) in [5, 5.41) is 0. The van der Waals surface area contributed by atoms with Crippen LogP contribution in [0.3, 0.4) is 0 Å². The van der Waals surface area contributed by atoms with E-state index in [1.807, 2.05) is 13.8 Å². The zero-order valence-electron chi connectivity index (χ0n) is 7.87. The highest BCUT2D eigenvalue weighted by Crippen LogP contribution is 2.23. The van der Waals surface area contributed by atoms with E-state index in [-0.39, 0.29) is 0 Å². The number of hydrogen-bond donors (Lipinski definition) is 0. The summed E-state index contributed by atoms with van der Waals surface area (Å²) in [4.78, 5) is 4.38. The molecule has 3 nitrogen and oxygen atoms in total. The van der Waals surface area contributed by atoms with Crippen molar-refractivity contribution in [2.24, 2.45) is 0 Å². The predicted octanol–water partition coefficient (Wildman–Crippen LogP) is 1.60. The molecule has 0 saturated carbocycles. The second-order valence-corrected chi connectivity index (χ2v) is 5.19. The number of rotatable bonds is 1. The highest BCUT2D eigenvalue weighted by atomic mass is 32.2. The number of fused-ring (bicyclic) bond motifs is 1. The molecule has 13 heavy (non-hydrogen) atoms. The number of hydrogen-bond acceptors (Lipinski definition) is 3. The molecule has 0 fully saturated rings. The normalized spacial score (nSPS) is 21.9. The van der Waals surface area contributed by atoms with Gasteiger partial charge in [0.1, 0.15) is 5.76 Å². The smallest absolute Gasteiger partial charge is 0.197 e. The first-order chi connectivity index (χ1) is 6.16. The maximum atomic E-state index is 11.2. The quantitative estimate of drug-likeness (QED) is 0.690. The maximum Gasteiger partial charge on any atom is 0.197 e. The molecule has 1 aliphatic heterocycles. The van der Waals surface area contributed by atoms with Gasteiger partial charge in [-0.25, -0.2) is 4.98 Å². The van der Waals surface area contributed by atoms with Crippen LogP contribution in [0.1, 0.15) is 37.1 Å². The standard InChI is InChI=1S/C9H13NO2S/c1-6(2)9-10-7-3-4-13(11)5-8(7)12-9/h6H,3-5H2,1-2H3. The van der Waals surface area contributed by atoms with Crippen LogP contribution in [0.5, 0.6) is 0 Å². The molecule has 1 unspecified atom stereocenters. The van der Waals surface area contributed by atoms with Crippen LogP contribution in [0, 0.1) is 0 Å². The van der Waals surface area contributed by atoms with Crippen LogP contribution in [0.4, 0.5) is 0 Å². The molecular formula is C9H13NO2S. The molecule has 0 bridgehead atoms. The fourth-order valence-electron chi connectivity index (χ4n) is 1.39. The molecule has 0 saturated heterocycles. The van der Waals surface area contributed by atoms with Crippen LogP contribution in [0.15, 0.2) is 4.42 Å². The van der Waals surface area contributed by atoms with Crippen LogP contribution in [0.25, 0.3) is 0 Å². The molecular weight excluding hydrogens is 186 g/mol. The summed E-state index contributed by atoms with van der Waals surface area (Å²) in [5.41, 5.74) is 1.02. The Morgan fingerprint density at radius 1 is 1.54 bits per heavy atom. The van der Waals surface area contributed by atoms with Crippen LogP contribution in [-0.4, -0.2) is 14.9 Å². The molecule has 0 aromatic carbocycles. The van der Waals surface area contributed by atoms with E-state index in [9.17, 15) is 4.21 Å². The molecule has 4 heteroatoms. The van der Waals surface area contributed by atoms with Crippen molar-refractivity contribution in [2.45, 2.75) is 31.9 Å². The average Bonchev–Trinajstić information content (AvgIpc) is 2.46. The van der Waals surface area contributed by atoms with Gasteiger partial charge in [-0.15, -0.1) is 0 Å². The lowest BCUT2D eigenvalue weighted by molar-refractivity contribution is 0.445. The fraction of sp³-hybridized carbons (Fsp3) is 0.667. The number of oxazole rings is 1. The zero-order chi connectivity index (χ0) is 9.42. The highest BCUT2D eigenvalue weighted by Gasteiger charge is 2.21. The van der Waals surface area contributed by atoms with Gasteiger partial charge < -0.3 is 4.42 Å². The van der Waals surface area contributed by atoms with Crippen LogP contribution in [-0.2, 0) is 23.0 Å². The maximum absolute atomic E-state index is 11.2. The van der Waals surface area contributed by atoms with Crippen molar-refractivity contribution < 1.29 is 8.63 Å². The van der Waals surface area contributed by atoms with Gasteiger partial charge in [0.2, 0.25) is 0 Å². The van der Waals surface area contributed by atoms with E-state index in [1.54, 1.807) is 0 Å². The average molecular weight is 199 g/mol. The lowest BCUT2D eigenvalue weighted by Gasteiger charge is -2.06. The minimum Gasteiger partial charge on any atom is -0.444 e. The molecule has 2 rings (SSSR count). The molecule has 0 spiro atoms. The monoisotopic (exact) mass is 199 g/mol. The van der Waals surface area contributed by atoms with Crippen molar-refractivity contribution >= 4 is 10.8 Å². The molecule has 0 N–H and O–H groups in total. The Balaban J connectivity index is 2.33. The number of aromatic nitrogens is 1. The first kappa shape index (κ1) is 8.94. The second kappa shape index (κ2) is 3.25. The van der Waals surface area contributed by atoms with E-state index >= 15 is 0 Å². The Bertz CT molecular complexity index is 343. The van der Waals surface area contributed by atoms with Crippen LogP contribution >= 0.6 is 0 Å². The van der Waals surface area contributed by atoms with Gasteiger partial charge in [0.15, 0.2) is 5.89 Å². The minimum atomic E-state index is -0.735. The highest BCUT2D eigenvalue weighted by molar-refractivity contribution is 7.84. The number of nitrogens with zero attached hydrogens (tertiary/aromatic N) is 1. The molecule has 1 atom stereocenters. The Hall–Kier alpha value is -0.640. The van der Waals surface area contributed by atoms with Crippen LogP contribution in [0.2, 0.25) is 0 Å². The van der Waals surface area contributed by atoms with E-state index in [1.165, 1.54) is 0 Å². The SMILES string of the molecule is CC(C)c1nc2c(o1)CS(=O)CC2. The summed E-state index contributed by atoms with van der Waals surface area (Å²) in [6.07, 6.45) is 0.804. The summed E-state index contributed by atoms with van der Waals surface area (Å²) in [6.45, 7) is 4.10. The Labute approximate surface area is 80.0 Å². The Morgan fingerprint density at radius 3 is 3.00 bits per heavy atom. The topological polar surface area (TPSA) is 43.1 Å². The van der Waals surface area contributed by atoms with Gasteiger partial charge in [0.05, 0.1) is 11.4 Å². The third-order valence-corrected chi connectivity index (χ3v) is 3.39. The predicted molar refractivity (Wildman–Crippen MR) is 51.0 cm³/mol. The van der Waals surface area contributed by atoms with Crippen molar-refractivity contribution in [1.29, 1.82) is 0 Å². The molecule has 0 amide bonds. The molecule has 1 aliphatic rings. The second-order valence-electron chi connectivity index (χ2n) is 3.61. The van der Waals surface area contributed by atoms with E-state index < -0.39 is 10.8 Å². The van der Waals surface area contributed by atoms with Crippen molar-refractivity contribution in [3.05, 3.63) is 17.3 Å². The van der Waals surface area contributed by atoms with Gasteiger partial charge in [-0.1, -0.05) is 13.8 Å². The van der Waals surface area contributed by atoms with Gasteiger partial charge in [-0.2, -0.15) is 0 Å². The summed E-state index contributed by atoms with van der Waals surface area (Å²) >= 11 is 0. The largest absolute Gasteiger partial charge is 0.444 e. The Morgan fingerprint density at radius 2 is 2.31 bits per heavy atom. The molecule has 2 heterocycles. The fourth-order valence-corrected chi connectivity index (χ4v) is 2.47.